The van der Waals surface area contributed by atoms with Gasteiger partial charge in [0, 0.05) is 5.92 Å². The van der Waals surface area contributed by atoms with Gasteiger partial charge >= 0.3 is 0 Å². The van der Waals surface area contributed by atoms with Crippen LogP contribution in [0, 0.1) is 5.92 Å². The SMILES string of the molecule is C=C1C=CC=C(C)C1C. The Balaban J connectivity index is 2.86. The molecule has 0 aromatic carbocycles. The minimum absolute atomic E-state index is 0.551. The highest BCUT2D eigenvalue weighted by Crippen LogP contribution is 2.22. The maximum atomic E-state index is 3.92. The van der Waals surface area contributed by atoms with E-state index in [-0.39, 0.29) is 0 Å². The second-order valence-corrected chi connectivity index (χ2v) is 2.57. The van der Waals surface area contributed by atoms with E-state index in [1.165, 1.54) is 11.1 Å². The molecule has 0 aromatic heterocycles. The van der Waals surface area contributed by atoms with E-state index in [4.69, 9.17) is 0 Å². The predicted octanol–water partition coefficient (Wildman–Crippen LogP) is 2.69. The summed E-state index contributed by atoms with van der Waals surface area (Å²) in [6.07, 6.45) is 6.26. The Bertz CT molecular complexity index is 182. The number of hydrogen-bond acceptors (Lipinski definition) is 0. The zero-order chi connectivity index (χ0) is 6.85. The Morgan fingerprint density at radius 2 is 2.22 bits per heavy atom. The minimum atomic E-state index is 0.551. The number of rotatable bonds is 0. The van der Waals surface area contributed by atoms with Crippen LogP contribution in [0.5, 0.6) is 0 Å². The molecule has 1 aliphatic carbocycles. The quantitative estimate of drug-likeness (QED) is 0.461. The van der Waals surface area contributed by atoms with E-state index < -0.39 is 0 Å². The standard InChI is InChI=1S/C9H12/c1-7-5-4-6-8(2)9(7)3/h4-6,9H,1H2,2-3H3. The van der Waals surface area contributed by atoms with E-state index in [1.807, 2.05) is 0 Å². The molecule has 1 aliphatic rings. The van der Waals surface area contributed by atoms with Crippen molar-refractivity contribution in [3.63, 3.8) is 0 Å². The van der Waals surface area contributed by atoms with Gasteiger partial charge in [-0.25, -0.2) is 0 Å². The zero-order valence-electron chi connectivity index (χ0n) is 6.02. The highest BCUT2D eigenvalue weighted by atomic mass is 14.1. The van der Waals surface area contributed by atoms with Crippen LogP contribution in [0.3, 0.4) is 0 Å². The predicted molar refractivity (Wildman–Crippen MR) is 41.2 cm³/mol. The molecule has 0 saturated carbocycles. The van der Waals surface area contributed by atoms with E-state index >= 15 is 0 Å². The monoisotopic (exact) mass is 120 g/mol. The largest absolute Gasteiger partial charge is 0.0952 e. The van der Waals surface area contributed by atoms with Gasteiger partial charge in [-0.3, -0.25) is 0 Å². The maximum absolute atomic E-state index is 3.92. The van der Waals surface area contributed by atoms with Crippen LogP contribution in [0.4, 0.5) is 0 Å². The fourth-order valence-electron chi connectivity index (χ4n) is 0.905. The lowest BCUT2D eigenvalue weighted by atomic mass is 9.91. The first-order valence-electron chi connectivity index (χ1n) is 3.25. The third-order valence-corrected chi connectivity index (χ3v) is 1.91. The van der Waals surface area contributed by atoms with Gasteiger partial charge in [0.15, 0.2) is 0 Å². The topological polar surface area (TPSA) is 0 Å². The Hall–Kier alpha value is -0.780. The summed E-state index contributed by atoms with van der Waals surface area (Å²) in [6, 6.07) is 0. The van der Waals surface area contributed by atoms with Crippen molar-refractivity contribution >= 4 is 0 Å². The van der Waals surface area contributed by atoms with Gasteiger partial charge in [0.25, 0.3) is 0 Å². The molecule has 0 nitrogen and oxygen atoms in total. The molecule has 0 bridgehead atoms. The molecule has 1 rings (SSSR count). The molecule has 1 unspecified atom stereocenters. The highest BCUT2D eigenvalue weighted by molar-refractivity contribution is 5.34. The summed E-state index contributed by atoms with van der Waals surface area (Å²) < 4.78 is 0. The summed E-state index contributed by atoms with van der Waals surface area (Å²) >= 11 is 0. The lowest BCUT2D eigenvalue weighted by Crippen LogP contribution is -2.00. The Morgan fingerprint density at radius 1 is 1.56 bits per heavy atom. The van der Waals surface area contributed by atoms with Crippen LogP contribution in [0.25, 0.3) is 0 Å². The van der Waals surface area contributed by atoms with Crippen LogP contribution in [-0.4, -0.2) is 0 Å². The van der Waals surface area contributed by atoms with Gasteiger partial charge in [-0.2, -0.15) is 0 Å². The fraction of sp³-hybridized carbons (Fsp3) is 0.333. The van der Waals surface area contributed by atoms with Crippen molar-refractivity contribution in [2.75, 3.05) is 0 Å². The van der Waals surface area contributed by atoms with Gasteiger partial charge in [-0.05, 0) is 12.5 Å². The van der Waals surface area contributed by atoms with Crippen molar-refractivity contribution in [1.29, 1.82) is 0 Å². The van der Waals surface area contributed by atoms with Gasteiger partial charge in [0.05, 0.1) is 0 Å². The normalized spacial score (nSPS) is 26.2. The van der Waals surface area contributed by atoms with Crippen molar-refractivity contribution in [3.8, 4) is 0 Å². The van der Waals surface area contributed by atoms with Gasteiger partial charge in [-0.15, -0.1) is 0 Å². The smallest absolute Gasteiger partial charge is 0.00143 e. The Labute approximate surface area is 56.6 Å². The molecular weight excluding hydrogens is 108 g/mol. The molecule has 1 atom stereocenters. The zero-order valence-corrected chi connectivity index (χ0v) is 6.02. The van der Waals surface area contributed by atoms with E-state index in [2.05, 4.69) is 38.7 Å². The second kappa shape index (κ2) is 2.22. The summed E-state index contributed by atoms with van der Waals surface area (Å²) in [5.41, 5.74) is 2.62. The van der Waals surface area contributed by atoms with Gasteiger partial charge in [0.1, 0.15) is 0 Å². The number of allylic oxidation sites excluding steroid dienone is 5. The summed E-state index contributed by atoms with van der Waals surface area (Å²) in [4.78, 5) is 0. The summed E-state index contributed by atoms with van der Waals surface area (Å²) in [6.45, 7) is 8.23. The molecule has 0 fully saturated rings. The molecule has 0 N–H and O–H groups in total. The van der Waals surface area contributed by atoms with Crippen LogP contribution >= 0.6 is 0 Å². The van der Waals surface area contributed by atoms with Gasteiger partial charge in [0.2, 0.25) is 0 Å². The van der Waals surface area contributed by atoms with Crippen LogP contribution in [-0.2, 0) is 0 Å². The molecule has 0 spiro atoms. The van der Waals surface area contributed by atoms with Crippen molar-refractivity contribution < 1.29 is 0 Å². The van der Waals surface area contributed by atoms with Crippen molar-refractivity contribution in [2.45, 2.75) is 13.8 Å². The molecule has 48 valence electrons. The molecule has 0 heteroatoms. The second-order valence-electron chi connectivity index (χ2n) is 2.57. The first-order valence-corrected chi connectivity index (χ1v) is 3.25. The van der Waals surface area contributed by atoms with Gasteiger partial charge < -0.3 is 0 Å². The Kier molecular flexibility index (Phi) is 1.56. The van der Waals surface area contributed by atoms with Crippen LogP contribution in [0.15, 0.2) is 36.0 Å². The first kappa shape index (κ1) is 6.34. The molecule has 0 aliphatic heterocycles. The third-order valence-electron chi connectivity index (χ3n) is 1.91. The van der Waals surface area contributed by atoms with Gasteiger partial charge in [-0.1, -0.05) is 37.3 Å². The highest BCUT2D eigenvalue weighted by Gasteiger charge is 2.07. The molecular formula is C9H12. The van der Waals surface area contributed by atoms with Crippen LogP contribution < -0.4 is 0 Å². The van der Waals surface area contributed by atoms with Crippen LogP contribution in [0.1, 0.15) is 13.8 Å². The third kappa shape index (κ3) is 1.13. The van der Waals surface area contributed by atoms with E-state index in [9.17, 15) is 0 Å². The molecule has 0 amide bonds. The number of hydrogen-bond donors (Lipinski definition) is 0. The Morgan fingerprint density at radius 3 is 2.67 bits per heavy atom. The summed E-state index contributed by atoms with van der Waals surface area (Å²) in [5, 5.41) is 0. The van der Waals surface area contributed by atoms with Crippen LogP contribution in [0.2, 0.25) is 0 Å². The molecule has 0 heterocycles. The fourth-order valence-corrected chi connectivity index (χ4v) is 0.905. The first-order chi connectivity index (χ1) is 4.22. The van der Waals surface area contributed by atoms with Crippen molar-refractivity contribution in [2.24, 2.45) is 5.92 Å². The lowest BCUT2D eigenvalue weighted by molar-refractivity contribution is 0.819. The summed E-state index contributed by atoms with van der Waals surface area (Å²) in [7, 11) is 0. The van der Waals surface area contributed by atoms with E-state index in [0.717, 1.165) is 0 Å². The molecule has 0 radical (unpaired) electrons. The maximum Gasteiger partial charge on any atom is 0.00143 e. The van der Waals surface area contributed by atoms with Crippen molar-refractivity contribution in [1.82, 2.24) is 0 Å². The average molecular weight is 120 g/mol. The molecule has 9 heavy (non-hydrogen) atoms. The average Bonchev–Trinajstić information content (AvgIpc) is 1.83. The van der Waals surface area contributed by atoms with E-state index in [1.54, 1.807) is 0 Å². The molecule has 0 aromatic rings. The lowest BCUT2D eigenvalue weighted by Gasteiger charge is -2.14. The summed E-state index contributed by atoms with van der Waals surface area (Å²) in [5.74, 6) is 0.551. The van der Waals surface area contributed by atoms with E-state index in [0.29, 0.717) is 5.92 Å². The molecule has 0 saturated heterocycles. The van der Waals surface area contributed by atoms with Crippen molar-refractivity contribution in [3.05, 3.63) is 36.0 Å². The minimum Gasteiger partial charge on any atom is -0.0952 e.